The summed E-state index contributed by atoms with van der Waals surface area (Å²) >= 11 is 13.0. The molecule has 7 nitrogen and oxygen atoms in total. The van der Waals surface area contributed by atoms with Gasteiger partial charge in [-0.3, -0.25) is 13.9 Å². The molecule has 0 aliphatic rings. The van der Waals surface area contributed by atoms with E-state index in [0.717, 1.165) is 27.3 Å². The van der Waals surface area contributed by atoms with Crippen molar-refractivity contribution in [2.75, 3.05) is 17.1 Å². The molecule has 0 aliphatic heterocycles. The average Bonchev–Trinajstić information content (AvgIpc) is 2.92. The lowest BCUT2D eigenvalue weighted by atomic mass is 10.0. The van der Waals surface area contributed by atoms with Crippen LogP contribution in [-0.2, 0) is 32.6 Å². The monoisotopic (exact) mass is 617 g/mol. The number of hydrogen-bond donors (Lipinski definition) is 1. The summed E-state index contributed by atoms with van der Waals surface area (Å²) in [5.41, 5.74) is 3.55. The lowest BCUT2D eigenvalue weighted by molar-refractivity contribution is -0.140. The Hall–Kier alpha value is -3.07. The summed E-state index contributed by atoms with van der Waals surface area (Å²) in [5.74, 6) is -0.915. The molecule has 10 heteroatoms. The van der Waals surface area contributed by atoms with Crippen molar-refractivity contribution in [1.82, 2.24) is 10.2 Å². The van der Waals surface area contributed by atoms with Crippen LogP contribution >= 0.6 is 23.2 Å². The maximum atomic E-state index is 14.2. The van der Waals surface area contributed by atoms with Crippen LogP contribution in [0, 0.1) is 13.8 Å². The van der Waals surface area contributed by atoms with Gasteiger partial charge in [0, 0.05) is 34.6 Å². The van der Waals surface area contributed by atoms with E-state index < -0.39 is 28.5 Å². The molecule has 220 valence electrons. The van der Waals surface area contributed by atoms with Gasteiger partial charge in [0.2, 0.25) is 21.8 Å². The van der Waals surface area contributed by atoms with E-state index in [1.807, 2.05) is 64.1 Å². The second-order valence-electron chi connectivity index (χ2n) is 10.3. The molecule has 0 aliphatic carbocycles. The third-order valence-corrected chi connectivity index (χ3v) is 8.97. The molecule has 3 aromatic rings. The van der Waals surface area contributed by atoms with Gasteiger partial charge < -0.3 is 10.2 Å². The molecule has 2 amide bonds. The maximum Gasteiger partial charge on any atom is 0.244 e. The van der Waals surface area contributed by atoms with Crippen LogP contribution in [0.3, 0.4) is 0 Å². The van der Waals surface area contributed by atoms with E-state index in [4.69, 9.17) is 23.2 Å². The summed E-state index contributed by atoms with van der Waals surface area (Å²) in [6.07, 6.45) is 1.96. The first-order valence-electron chi connectivity index (χ1n) is 13.4. The third-order valence-electron chi connectivity index (χ3n) is 7.12. The van der Waals surface area contributed by atoms with Crippen molar-refractivity contribution in [2.24, 2.45) is 0 Å². The summed E-state index contributed by atoms with van der Waals surface area (Å²) < 4.78 is 27.0. The molecule has 0 radical (unpaired) electrons. The molecule has 2 unspecified atom stereocenters. The maximum absolute atomic E-state index is 14.2. The van der Waals surface area contributed by atoms with Gasteiger partial charge in [-0.25, -0.2) is 8.42 Å². The van der Waals surface area contributed by atoms with Crippen molar-refractivity contribution >= 4 is 50.7 Å². The second-order valence-corrected chi connectivity index (χ2v) is 13.0. The van der Waals surface area contributed by atoms with Gasteiger partial charge in [0.15, 0.2) is 0 Å². The first-order valence-corrected chi connectivity index (χ1v) is 16.0. The highest BCUT2D eigenvalue weighted by Gasteiger charge is 2.34. The first-order chi connectivity index (χ1) is 19.3. The van der Waals surface area contributed by atoms with Crippen LogP contribution in [0.5, 0.6) is 0 Å². The Morgan fingerprint density at radius 1 is 0.927 bits per heavy atom. The quantitative estimate of drug-likeness (QED) is 0.273. The van der Waals surface area contributed by atoms with Gasteiger partial charge in [-0.2, -0.15) is 0 Å². The van der Waals surface area contributed by atoms with Gasteiger partial charge in [-0.1, -0.05) is 72.6 Å². The van der Waals surface area contributed by atoms with Crippen molar-refractivity contribution < 1.29 is 18.0 Å². The van der Waals surface area contributed by atoms with E-state index in [9.17, 15) is 18.0 Å². The molecule has 41 heavy (non-hydrogen) atoms. The van der Waals surface area contributed by atoms with Crippen molar-refractivity contribution in [1.29, 1.82) is 0 Å². The van der Waals surface area contributed by atoms with Crippen molar-refractivity contribution in [2.45, 2.75) is 59.2 Å². The first kappa shape index (κ1) is 32.4. The van der Waals surface area contributed by atoms with Crippen LogP contribution in [0.2, 0.25) is 10.0 Å². The number of carbonyl (C=O) groups is 2. The van der Waals surface area contributed by atoms with Crippen LogP contribution in [-0.4, -0.2) is 50.0 Å². The normalized spacial score (nSPS) is 12.9. The minimum atomic E-state index is -3.86. The molecule has 0 bridgehead atoms. The standard InChI is InChI=1S/C31H37Cl2N3O4S/c1-6-23(4)34-31(38)29(18-24-11-8-7-9-12-24)35(19-26-27(32)13-10-14-28(26)33)30(37)20-36(41(5,39)40)25-16-15-21(2)22(3)17-25/h7-17,23,29H,6,18-20H2,1-5H3,(H,34,38). The summed E-state index contributed by atoms with van der Waals surface area (Å²) in [6.45, 7) is 7.05. The highest BCUT2D eigenvalue weighted by atomic mass is 35.5. The second kappa shape index (κ2) is 14.2. The number of nitrogens with zero attached hydrogens (tertiary/aromatic N) is 2. The van der Waals surface area contributed by atoms with Crippen LogP contribution in [0.15, 0.2) is 66.7 Å². The third kappa shape index (κ3) is 8.71. The van der Waals surface area contributed by atoms with E-state index in [-0.39, 0.29) is 24.9 Å². The Labute approximate surface area is 253 Å². The SMILES string of the molecule is CCC(C)NC(=O)C(Cc1ccccc1)N(Cc1c(Cl)cccc1Cl)C(=O)CN(c1ccc(C)c(C)c1)S(C)(=O)=O. The number of rotatable bonds is 12. The predicted molar refractivity (Wildman–Crippen MR) is 167 cm³/mol. The fraction of sp³-hybridized carbons (Fsp3) is 0.355. The molecule has 0 heterocycles. The molecule has 0 saturated heterocycles. The summed E-state index contributed by atoms with van der Waals surface area (Å²) in [4.78, 5) is 29.3. The van der Waals surface area contributed by atoms with E-state index >= 15 is 0 Å². The van der Waals surface area contributed by atoms with Crippen molar-refractivity contribution in [3.63, 3.8) is 0 Å². The molecule has 0 saturated carbocycles. The lowest BCUT2D eigenvalue weighted by Gasteiger charge is -2.34. The minimum absolute atomic E-state index is 0.0900. The molecule has 0 aromatic heterocycles. The highest BCUT2D eigenvalue weighted by molar-refractivity contribution is 7.92. The lowest BCUT2D eigenvalue weighted by Crippen LogP contribution is -2.54. The van der Waals surface area contributed by atoms with Crippen molar-refractivity contribution in [3.05, 3.63) is 99.0 Å². The van der Waals surface area contributed by atoms with E-state index in [2.05, 4.69) is 5.32 Å². The van der Waals surface area contributed by atoms with E-state index in [0.29, 0.717) is 27.7 Å². The average molecular weight is 619 g/mol. The van der Waals surface area contributed by atoms with Gasteiger partial charge in [0.05, 0.1) is 11.9 Å². The summed E-state index contributed by atoms with van der Waals surface area (Å²) in [7, 11) is -3.86. The van der Waals surface area contributed by atoms with Crippen LogP contribution in [0.1, 0.15) is 42.5 Å². The Balaban J connectivity index is 2.12. The highest BCUT2D eigenvalue weighted by Crippen LogP contribution is 2.28. The molecule has 1 N–H and O–H groups in total. The molecule has 3 rings (SSSR count). The fourth-order valence-electron chi connectivity index (χ4n) is 4.34. The fourth-order valence-corrected chi connectivity index (χ4v) is 5.70. The molecule has 2 atom stereocenters. The van der Waals surface area contributed by atoms with Crippen LogP contribution in [0.25, 0.3) is 0 Å². The Bertz CT molecular complexity index is 1460. The predicted octanol–water partition coefficient (Wildman–Crippen LogP) is 5.93. The molecular formula is C31H37Cl2N3O4S. The zero-order valence-corrected chi connectivity index (χ0v) is 26.4. The Kier molecular flexibility index (Phi) is 11.2. The van der Waals surface area contributed by atoms with E-state index in [1.165, 1.54) is 4.90 Å². The number of nitrogens with one attached hydrogen (secondary N) is 1. The summed E-state index contributed by atoms with van der Waals surface area (Å²) in [6, 6.07) is 18.5. The number of halogens is 2. The smallest absolute Gasteiger partial charge is 0.244 e. The Morgan fingerprint density at radius 2 is 1.56 bits per heavy atom. The number of carbonyl (C=O) groups excluding carboxylic acids is 2. The molecular weight excluding hydrogens is 581 g/mol. The summed E-state index contributed by atoms with van der Waals surface area (Å²) in [5, 5.41) is 3.67. The van der Waals surface area contributed by atoms with Gasteiger partial charge in [0.1, 0.15) is 12.6 Å². The molecule has 3 aromatic carbocycles. The number of anilines is 1. The largest absolute Gasteiger partial charge is 0.352 e. The van der Waals surface area contributed by atoms with Gasteiger partial charge in [-0.05, 0) is 68.1 Å². The minimum Gasteiger partial charge on any atom is -0.352 e. The zero-order valence-electron chi connectivity index (χ0n) is 24.0. The molecule has 0 fully saturated rings. The number of sulfonamides is 1. The molecule has 0 spiro atoms. The zero-order chi connectivity index (χ0) is 30.3. The number of aryl methyl sites for hydroxylation is 2. The van der Waals surface area contributed by atoms with E-state index in [1.54, 1.807) is 30.3 Å². The van der Waals surface area contributed by atoms with Gasteiger partial charge in [-0.15, -0.1) is 0 Å². The van der Waals surface area contributed by atoms with Crippen molar-refractivity contribution in [3.8, 4) is 0 Å². The van der Waals surface area contributed by atoms with Gasteiger partial charge >= 0.3 is 0 Å². The van der Waals surface area contributed by atoms with Crippen LogP contribution < -0.4 is 9.62 Å². The number of benzene rings is 3. The Morgan fingerprint density at radius 3 is 2.12 bits per heavy atom. The van der Waals surface area contributed by atoms with Crippen LogP contribution in [0.4, 0.5) is 5.69 Å². The van der Waals surface area contributed by atoms with Gasteiger partial charge in [0.25, 0.3) is 0 Å². The number of hydrogen-bond acceptors (Lipinski definition) is 4. The number of amides is 2. The topological polar surface area (TPSA) is 86.8 Å².